The Labute approximate surface area is 126 Å². The van der Waals surface area contributed by atoms with E-state index in [4.69, 9.17) is 0 Å². The van der Waals surface area contributed by atoms with E-state index >= 15 is 0 Å². The van der Waals surface area contributed by atoms with Crippen LogP contribution in [0.2, 0.25) is 0 Å². The summed E-state index contributed by atoms with van der Waals surface area (Å²) in [5, 5.41) is 6.91. The molecule has 0 radical (unpaired) electrons. The fraction of sp³-hybridized carbons (Fsp3) is 0.588. The van der Waals surface area contributed by atoms with Gasteiger partial charge in [0.15, 0.2) is 0 Å². The van der Waals surface area contributed by atoms with Crippen LogP contribution >= 0.6 is 0 Å². The molecule has 1 saturated carbocycles. The normalized spacial score (nSPS) is 21.4. The largest absolute Gasteiger partial charge is 0.339 e. The number of nitrogens with one attached hydrogen (secondary N) is 2. The third-order valence-corrected chi connectivity index (χ3v) is 4.74. The predicted octanol–water partition coefficient (Wildman–Crippen LogP) is 1.52. The molecular formula is C17H25N3O. The molecule has 21 heavy (non-hydrogen) atoms. The number of benzene rings is 1. The zero-order chi connectivity index (χ0) is 14.5. The molecule has 114 valence electrons. The van der Waals surface area contributed by atoms with Gasteiger partial charge in [0.25, 0.3) is 0 Å². The van der Waals surface area contributed by atoms with E-state index in [1.54, 1.807) is 0 Å². The molecule has 1 aliphatic heterocycles. The first-order chi connectivity index (χ1) is 10.3. The summed E-state index contributed by atoms with van der Waals surface area (Å²) < 4.78 is 0. The van der Waals surface area contributed by atoms with Gasteiger partial charge in [-0.1, -0.05) is 43.2 Å². The maximum absolute atomic E-state index is 13.0. The monoisotopic (exact) mass is 287 g/mol. The van der Waals surface area contributed by atoms with Crippen molar-refractivity contribution in [3.8, 4) is 0 Å². The Morgan fingerprint density at radius 2 is 1.81 bits per heavy atom. The molecule has 3 rings (SSSR count). The van der Waals surface area contributed by atoms with Crippen LogP contribution < -0.4 is 10.6 Å². The summed E-state index contributed by atoms with van der Waals surface area (Å²) in [4.78, 5) is 15.0. The highest BCUT2D eigenvalue weighted by atomic mass is 16.2. The third kappa shape index (κ3) is 3.27. The Hall–Kier alpha value is -1.39. The molecular weight excluding hydrogens is 262 g/mol. The predicted molar refractivity (Wildman–Crippen MR) is 83.9 cm³/mol. The summed E-state index contributed by atoms with van der Waals surface area (Å²) in [6, 6.07) is 10.4. The molecule has 0 atom stereocenters. The SMILES string of the molecule is O=C(N1CCNCC1)C1(NCc2ccccc2)CCCC1. The van der Waals surface area contributed by atoms with Crippen molar-refractivity contribution >= 4 is 5.91 Å². The standard InChI is InChI=1S/C17H25N3O/c21-16(20-12-10-18-11-13-20)17(8-4-5-9-17)19-14-15-6-2-1-3-7-15/h1-3,6-7,18-19H,4-5,8-14H2. The smallest absolute Gasteiger partial charge is 0.242 e. The Kier molecular flexibility index (Phi) is 4.56. The summed E-state index contributed by atoms with van der Waals surface area (Å²) in [5.74, 6) is 0.317. The molecule has 2 N–H and O–H groups in total. The van der Waals surface area contributed by atoms with Crippen LogP contribution in [0, 0.1) is 0 Å². The van der Waals surface area contributed by atoms with Crippen LogP contribution in [-0.2, 0) is 11.3 Å². The van der Waals surface area contributed by atoms with Crippen LogP contribution in [0.4, 0.5) is 0 Å². The molecule has 1 amide bonds. The Morgan fingerprint density at radius 1 is 1.14 bits per heavy atom. The van der Waals surface area contributed by atoms with Gasteiger partial charge < -0.3 is 10.2 Å². The van der Waals surface area contributed by atoms with Gasteiger partial charge in [-0.3, -0.25) is 10.1 Å². The molecule has 1 saturated heterocycles. The van der Waals surface area contributed by atoms with E-state index in [-0.39, 0.29) is 5.54 Å². The van der Waals surface area contributed by atoms with E-state index in [2.05, 4.69) is 34.9 Å². The number of nitrogens with zero attached hydrogens (tertiary/aromatic N) is 1. The molecule has 1 aromatic rings. The molecule has 2 aliphatic rings. The van der Waals surface area contributed by atoms with Crippen molar-refractivity contribution in [2.45, 2.75) is 37.8 Å². The average molecular weight is 287 g/mol. The van der Waals surface area contributed by atoms with Gasteiger partial charge in [0, 0.05) is 32.7 Å². The molecule has 1 aromatic carbocycles. The third-order valence-electron chi connectivity index (χ3n) is 4.74. The van der Waals surface area contributed by atoms with E-state index in [9.17, 15) is 4.79 Å². The number of amides is 1. The molecule has 0 bridgehead atoms. The van der Waals surface area contributed by atoms with Crippen LogP contribution in [0.3, 0.4) is 0 Å². The summed E-state index contributed by atoms with van der Waals surface area (Å²) >= 11 is 0. The zero-order valence-corrected chi connectivity index (χ0v) is 12.6. The van der Waals surface area contributed by atoms with Crippen molar-refractivity contribution in [1.29, 1.82) is 0 Å². The first-order valence-electron chi connectivity index (χ1n) is 8.09. The van der Waals surface area contributed by atoms with Crippen LogP contribution in [0.25, 0.3) is 0 Å². The topological polar surface area (TPSA) is 44.4 Å². The number of hydrogen-bond donors (Lipinski definition) is 2. The van der Waals surface area contributed by atoms with Crippen LogP contribution in [0.15, 0.2) is 30.3 Å². The van der Waals surface area contributed by atoms with Crippen molar-refractivity contribution in [3.05, 3.63) is 35.9 Å². The van der Waals surface area contributed by atoms with Gasteiger partial charge in [-0.05, 0) is 18.4 Å². The number of carbonyl (C=O) groups is 1. The highest BCUT2D eigenvalue weighted by molar-refractivity contribution is 5.87. The maximum atomic E-state index is 13.0. The quantitative estimate of drug-likeness (QED) is 0.882. The molecule has 1 aliphatic carbocycles. The molecule has 0 spiro atoms. The lowest BCUT2D eigenvalue weighted by molar-refractivity contribution is -0.139. The molecule has 0 unspecified atom stereocenters. The average Bonchev–Trinajstić information content (AvgIpc) is 3.04. The first-order valence-corrected chi connectivity index (χ1v) is 8.09. The van der Waals surface area contributed by atoms with Crippen LogP contribution in [-0.4, -0.2) is 42.5 Å². The van der Waals surface area contributed by atoms with Crippen molar-refractivity contribution in [3.63, 3.8) is 0 Å². The lowest BCUT2D eigenvalue weighted by Gasteiger charge is -2.37. The minimum Gasteiger partial charge on any atom is -0.339 e. The minimum absolute atomic E-state index is 0.317. The molecule has 2 fully saturated rings. The number of carbonyl (C=O) groups excluding carboxylic acids is 1. The summed E-state index contributed by atoms with van der Waals surface area (Å²) in [6.45, 7) is 4.29. The zero-order valence-electron chi connectivity index (χ0n) is 12.6. The van der Waals surface area contributed by atoms with Gasteiger partial charge in [0.1, 0.15) is 0 Å². The van der Waals surface area contributed by atoms with Crippen molar-refractivity contribution in [2.24, 2.45) is 0 Å². The summed E-state index contributed by atoms with van der Waals surface area (Å²) in [6.07, 6.45) is 4.25. The fourth-order valence-corrected chi connectivity index (χ4v) is 3.48. The van der Waals surface area contributed by atoms with Gasteiger partial charge in [-0.15, -0.1) is 0 Å². The first kappa shape index (κ1) is 14.5. The lowest BCUT2D eigenvalue weighted by Crippen LogP contribution is -2.59. The molecule has 4 heteroatoms. The summed E-state index contributed by atoms with van der Waals surface area (Å²) in [7, 11) is 0. The van der Waals surface area contributed by atoms with Gasteiger partial charge in [-0.2, -0.15) is 0 Å². The van der Waals surface area contributed by atoms with Gasteiger partial charge in [0.05, 0.1) is 5.54 Å². The van der Waals surface area contributed by atoms with E-state index in [1.165, 1.54) is 5.56 Å². The minimum atomic E-state index is -0.326. The van der Waals surface area contributed by atoms with E-state index in [0.717, 1.165) is 58.4 Å². The second-order valence-electron chi connectivity index (χ2n) is 6.17. The Bertz CT molecular complexity index is 462. The number of hydrogen-bond acceptors (Lipinski definition) is 3. The van der Waals surface area contributed by atoms with E-state index in [0.29, 0.717) is 5.91 Å². The van der Waals surface area contributed by atoms with Crippen molar-refractivity contribution < 1.29 is 4.79 Å². The van der Waals surface area contributed by atoms with Gasteiger partial charge in [-0.25, -0.2) is 0 Å². The number of piperazine rings is 1. The van der Waals surface area contributed by atoms with Crippen LogP contribution in [0.5, 0.6) is 0 Å². The second kappa shape index (κ2) is 6.58. The van der Waals surface area contributed by atoms with Crippen LogP contribution in [0.1, 0.15) is 31.2 Å². The Morgan fingerprint density at radius 3 is 2.48 bits per heavy atom. The molecule has 1 heterocycles. The lowest BCUT2D eigenvalue weighted by atomic mass is 9.94. The highest BCUT2D eigenvalue weighted by Crippen LogP contribution is 2.32. The fourth-order valence-electron chi connectivity index (χ4n) is 3.48. The van der Waals surface area contributed by atoms with Gasteiger partial charge >= 0.3 is 0 Å². The van der Waals surface area contributed by atoms with Gasteiger partial charge in [0.2, 0.25) is 5.91 Å². The molecule has 4 nitrogen and oxygen atoms in total. The van der Waals surface area contributed by atoms with Crippen molar-refractivity contribution in [2.75, 3.05) is 26.2 Å². The van der Waals surface area contributed by atoms with E-state index in [1.807, 2.05) is 11.0 Å². The maximum Gasteiger partial charge on any atom is 0.242 e. The number of rotatable bonds is 4. The second-order valence-corrected chi connectivity index (χ2v) is 6.17. The summed E-state index contributed by atoms with van der Waals surface area (Å²) in [5.41, 5.74) is 0.921. The Balaban J connectivity index is 1.68. The highest BCUT2D eigenvalue weighted by Gasteiger charge is 2.43. The molecule has 0 aromatic heterocycles. The van der Waals surface area contributed by atoms with Crippen molar-refractivity contribution in [1.82, 2.24) is 15.5 Å². The van der Waals surface area contributed by atoms with E-state index < -0.39 is 0 Å².